The second kappa shape index (κ2) is 3.03. The molecule has 1 aromatic rings. The van der Waals surface area contributed by atoms with E-state index in [9.17, 15) is 4.79 Å². The zero-order valence-electron chi connectivity index (χ0n) is 6.96. The summed E-state index contributed by atoms with van der Waals surface area (Å²) in [4.78, 5) is 14.8. The lowest BCUT2D eigenvalue weighted by Gasteiger charge is -2.14. The molecule has 0 radical (unpaired) electrons. The van der Waals surface area contributed by atoms with E-state index in [2.05, 4.69) is 4.98 Å². The van der Waals surface area contributed by atoms with Gasteiger partial charge in [0.25, 0.3) is 0 Å². The topological polar surface area (TPSA) is 55.1 Å². The summed E-state index contributed by atoms with van der Waals surface area (Å²) in [5.41, 5.74) is 0.136. The van der Waals surface area contributed by atoms with Crippen molar-refractivity contribution in [2.45, 2.75) is 25.8 Å². The quantitative estimate of drug-likeness (QED) is 0.749. The minimum Gasteiger partial charge on any atom is -0.476 e. The molecule has 2 heterocycles. The lowest BCUT2D eigenvalue weighted by Crippen LogP contribution is -2.15. The molecular weight excluding hydrogens is 192 g/mol. The first-order valence-electron chi connectivity index (χ1n) is 4.18. The smallest absolute Gasteiger partial charge is 0.355 e. The Kier molecular flexibility index (Phi) is 2.00. The van der Waals surface area contributed by atoms with Gasteiger partial charge in [0.2, 0.25) is 0 Å². The molecule has 0 saturated carbocycles. The normalized spacial score (nSPS) is 15.5. The van der Waals surface area contributed by atoms with Crippen LogP contribution in [0.4, 0.5) is 0 Å². The standard InChI is InChI=1S/C8H9ClN2O2/c9-7-6(8(12)13)11-4-2-1-3-5(11)10-7/h1-4H2,(H,12,13). The molecule has 0 aromatic carbocycles. The number of aromatic nitrogens is 2. The van der Waals surface area contributed by atoms with Crippen LogP contribution in [-0.2, 0) is 13.0 Å². The molecule has 2 rings (SSSR count). The van der Waals surface area contributed by atoms with E-state index in [4.69, 9.17) is 16.7 Å². The van der Waals surface area contributed by atoms with Crippen LogP contribution in [0.1, 0.15) is 29.2 Å². The van der Waals surface area contributed by atoms with Gasteiger partial charge in [0, 0.05) is 13.0 Å². The second-order valence-corrected chi connectivity index (χ2v) is 3.44. The van der Waals surface area contributed by atoms with E-state index < -0.39 is 5.97 Å². The summed E-state index contributed by atoms with van der Waals surface area (Å²) >= 11 is 5.72. The predicted molar refractivity (Wildman–Crippen MR) is 47.1 cm³/mol. The van der Waals surface area contributed by atoms with Crippen LogP contribution in [0.3, 0.4) is 0 Å². The van der Waals surface area contributed by atoms with Crippen molar-refractivity contribution in [1.82, 2.24) is 9.55 Å². The van der Waals surface area contributed by atoms with Crippen molar-refractivity contribution in [1.29, 1.82) is 0 Å². The van der Waals surface area contributed by atoms with Crippen LogP contribution in [0.25, 0.3) is 0 Å². The SMILES string of the molecule is O=C(O)c1c(Cl)nc2n1CCCC2. The Labute approximate surface area is 80.1 Å². The van der Waals surface area contributed by atoms with Crippen LogP contribution >= 0.6 is 11.6 Å². The Morgan fingerprint density at radius 1 is 1.54 bits per heavy atom. The van der Waals surface area contributed by atoms with Crippen molar-refractivity contribution < 1.29 is 9.90 Å². The van der Waals surface area contributed by atoms with Crippen LogP contribution in [-0.4, -0.2) is 20.6 Å². The van der Waals surface area contributed by atoms with Gasteiger partial charge >= 0.3 is 5.97 Å². The molecule has 0 atom stereocenters. The molecule has 0 bridgehead atoms. The molecule has 0 aliphatic carbocycles. The number of imidazole rings is 1. The molecule has 70 valence electrons. The average Bonchev–Trinajstić information content (AvgIpc) is 2.39. The minimum absolute atomic E-state index is 0.115. The van der Waals surface area contributed by atoms with E-state index >= 15 is 0 Å². The van der Waals surface area contributed by atoms with Crippen molar-refractivity contribution >= 4 is 17.6 Å². The van der Waals surface area contributed by atoms with E-state index in [1.165, 1.54) is 0 Å². The van der Waals surface area contributed by atoms with Gasteiger partial charge in [-0.15, -0.1) is 0 Å². The predicted octanol–water partition coefficient (Wildman–Crippen LogP) is 1.57. The zero-order chi connectivity index (χ0) is 9.42. The Balaban J connectivity index is 2.54. The van der Waals surface area contributed by atoms with Crippen molar-refractivity contribution in [2.75, 3.05) is 0 Å². The molecule has 0 saturated heterocycles. The number of aromatic carboxylic acids is 1. The first-order chi connectivity index (χ1) is 6.20. The Bertz CT molecular complexity index is 359. The van der Waals surface area contributed by atoms with Crippen LogP contribution in [0, 0.1) is 0 Å². The van der Waals surface area contributed by atoms with Gasteiger partial charge in [-0.25, -0.2) is 9.78 Å². The van der Waals surface area contributed by atoms with E-state index in [0.717, 1.165) is 31.6 Å². The van der Waals surface area contributed by atoms with E-state index in [0.29, 0.717) is 0 Å². The number of carboxylic acid groups (broad SMARTS) is 1. The molecule has 5 heteroatoms. The van der Waals surface area contributed by atoms with Crippen LogP contribution in [0.2, 0.25) is 5.15 Å². The van der Waals surface area contributed by atoms with Crippen LogP contribution in [0.5, 0.6) is 0 Å². The molecule has 0 amide bonds. The molecule has 1 N–H and O–H groups in total. The lowest BCUT2D eigenvalue weighted by molar-refractivity contribution is 0.0684. The van der Waals surface area contributed by atoms with Gasteiger partial charge < -0.3 is 9.67 Å². The summed E-state index contributed by atoms with van der Waals surface area (Å²) in [6, 6.07) is 0. The number of hydrogen-bond acceptors (Lipinski definition) is 2. The number of rotatable bonds is 1. The highest BCUT2D eigenvalue weighted by Gasteiger charge is 2.22. The summed E-state index contributed by atoms with van der Waals surface area (Å²) in [6.07, 6.45) is 2.89. The minimum atomic E-state index is -0.995. The summed E-state index contributed by atoms with van der Waals surface area (Å²) in [6.45, 7) is 0.719. The summed E-state index contributed by atoms with van der Waals surface area (Å²) < 4.78 is 1.70. The lowest BCUT2D eigenvalue weighted by atomic mass is 10.2. The molecule has 1 aliphatic rings. The maximum absolute atomic E-state index is 10.8. The fraction of sp³-hybridized carbons (Fsp3) is 0.500. The molecule has 1 aromatic heterocycles. The largest absolute Gasteiger partial charge is 0.476 e. The Hall–Kier alpha value is -1.03. The van der Waals surface area contributed by atoms with E-state index in [1.54, 1.807) is 4.57 Å². The fourth-order valence-corrected chi connectivity index (χ4v) is 1.94. The van der Waals surface area contributed by atoms with Crippen LogP contribution in [0.15, 0.2) is 0 Å². The number of halogens is 1. The Morgan fingerprint density at radius 3 is 3.00 bits per heavy atom. The fourth-order valence-electron chi connectivity index (χ4n) is 1.66. The highest BCUT2D eigenvalue weighted by molar-refractivity contribution is 6.32. The van der Waals surface area contributed by atoms with E-state index in [-0.39, 0.29) is 10.8 Å². The molecule has 1 aliphatic heterocycles. The summed E-state index contributed by atoms with van der Waals surface area (Å²) in [7, 11) is 0. The zero-order valence-corrected chi connectivity index (χ0v) is 7.71. The number of hydrogen-bond donors (Lipinski definition) is 1. The van der Waals surface area contributed by atoms with Crippen molar-refractivity contribution in [2.24, 2.45) is 0 Å². The van der Waals surface area contributed by atoms with Gasteiger partial charge in [-0.3, -0.25) is 0 Å². The van der Waals surface area contributed by atoms with Crippen LogP contribution < -0.4 is 0 Å². The third kappa shape index (κ3) is 1.31. The number of aryl methyl sites for hydroxylation is 1. The van der Waals surface area contributed by atoms with Crippen molar-refractivity contribution in [3.05, 3.63) is 16.7 Å². The number of fused-ring (bicyclic) bond motifs is 1. The highest BCUT2D eigenvalue weighted by atomic mass is 35.5. The maximum Gasteiger partial charge on any atom is 0.355 e. The van der Waals surface area contributed by atoms with Crippen molar-refractivity contribution in [3.8, 4) is 0 Å². The summed E-state index contributed by atoms with van der Waals surface area (Å²) in [5.74, 6) is -0.195. The highest BCUT2D eigenvalue weighted by Crippen LogP contribution is 2.22. The number of carboxylic acids is 1. The second-order valence-electron chi connectivity index (χ2n) is 3.08. The van der Waals surface area contributed by atoms with Gasteiger partial charge in [-0.1, -0.05) is 11.6 Å². The molecule has 0 fully saturated rings. The monoisotopic (exact) mass is 200 g/mol. The third-order valence-electron chi connectivity index (χ3n) is 2.24. The molecule has 0 spiro atoms. The summed E-state index contributed by atoms with van der Waals surface area (Å²) in [5, 5.41) is 8.98. The molecule has 0 unspecified atom stereocenters. The average molecular weight is 201 g/mol. The molecule has 4 nitrogen and oxygen atoms in total. The number of nitrogens with zero attached hydrogens (tertiary/aromatic N) is 2. The van der Waals surface area contributed by atoms with E-state index in [1.807, 2.05) is 0 Å². The van der Waals surface area contributed by atoms with Crippen molar-refractivity contribution in [3.63, 3.8) is 0 Å². The molecule has 13 heavy (non-hydrogen) atoms. The van der Waals surface area contributed by atoms with Gasteiger partial charge in [-0.05, 0) is 12.8 Å². The van der Waals surface area contributed by atoms with Gasteiger partial charge in [0.15, 0.2) is 10.8 Å². The molecular formula is C8H9ClN2O2. The van der Waals surface area contributed by atoms with Gasteiger partial charge in [-0.2, -0.15) is 0 Å². The Morgan fingerprint density at radius 2 is 2.31 bits per heavy atom. The number of carbonyl (C=O) groups is 1. The third-order valence-corrected chi connectivity index (χ3v) is 2.50. The van der Waals surface area contributed by atoms with Gasteiger partial charge in [0.05, 0.1) is 0 Å². The van der Waals surface area contributed by atoms with Gasteiger partial charge in [0.1, 0.15) is 5.82 Å². The first-order valence-corrected chi connectivity index (χ1v) is 4.56. The maximum atomic E-state index is 10.8. The first kappa shape index (κ1) is 8.56.